The van der Waals surface area contributed by atoms with E-state index in [1.54, 1.807) is 12.1 Å². The summed E-state index contributed by atoms with van der Waals surface area (Å²) < 4.78 is 24.3. The first-order valence-corrected chi connectivity index (χ1v) is 10.3. The monoisotopic (exact) mass is 358 g/mol. The number of benzene rings is 1. The maximum Gasteiger partial charge on any atom is 0.153 e. The highest BCUT2D eigenvalue weighted by molar-refractivity contribution is 7.91. The van der Waals surface area contributed by atoms with E-state index < -0.39 is 9.84 Å². The molecule has 0 aliphatic carbocycles. The number of hydrogen-bond donors (Lipinski definition) is 1. The van der Waals surface area contributed by atoms with Gasteiger partial charge >= 0.3 is 0 Å². The zero-order valence-corrected chi connectivity index (χ0v) is 14.9. The Bertz CT molecular complexity index is 680. The minimum Gasteiger partial charge on any atom is -0.506 e. The smallest absolute Gasteiger partial charge is 0.153 e. The number of fused-ring (bicyclic) bond motifs is 1. The van der Waals surface area contributed by atoms with Crippen LogP contribution in [-0.4, -0.2) is 66.5 Å². The predicted octanol–water partition coefficient (Wildman–Crippen LogP) is 1.74. The number of phenolic OH excluding ortho intramolecular Hbond substituents is 1. The van der Waals surface area contributed by atoms with Crippen LogP contribution < -0.4 is 0 Å². The number of halogens is 1. The van der Waals surface area contributed by atoms with Crippen LogP contribution in [0.15, 0.2) is 18.2 Å². The van der Waals surface area contributed by atoms with Crippen LogP contribution in [0.3, 0.4) is 0 Å². The molecule has 0 aromatic heterocycles. The van der Waals surface area contributed by atoms with Gasteiger partial charge in [-0.25, -0.2) is 8.42 Å². The third kappa shape index (κ3) is 3.65. The van der Waals surface area contributed by atoms with E-state index in [1.165, 1.54) is 0 Å². The fourth-order valence-corrected chi connectivity index (χ4v) is 5.99. The maximum absolute atomic E-state index is 12.1. The Balaban J connectivity index is 1.79. The number of hydrogen-bond acceptors (Lipinski definition) is 5. The van der Waals surface area contributed by atoms with E-state index in [-0.39, 0.29) is 29.3 Å². The summed E-state index contributed by atoms with van der Waals surface area (Å²) in [6.07, 6.45) is 1.04. The maximum atomic E-state index is 12.1. The summed E-state index contributed by atoms with van der Waals surface area (Å²) in [5, 5.41) is 9.87. The number of piperazine rings is 1. The minimum absolute atomic E-state index is 0.0490. The van der Waals surface area contributed by atoms with Crippen molar-refractivity contribution in [3.05, 3.63) is 28.8 Å². The second kappa shape index (κ2) is 6.59. The number of nitrogens with zero attached hydrogens (tertiary/aromatic N) is 2. The molecule has 0 spiro atoms. The highest BCUT2D eigenvalue weighted by atomic mass is 35.5. The Labute approximate surface area is 142 Å². The van der Waals surface area contributed by atoms with Crippen LogP contribution in [0.2, 0.25) is 5.02 Å². The predicted molar refractivity (Wildman–Crippen MR) is 91.6 cm³/mol. The van der Waals surface area contributed by atoms with Crippen LogP contribution in [0.4, 0.5) is 0 Å². The molecule has 5 nitrogen and oxygen atoms in total. The average Bonchev–Trinajstić information content (AvgIpc) is 2.81. The summed E-state index contributed by atoms with van der Waals surface area (Å²) >= 11 is 5.98. The molecule has 23 heavy (non-hydrogen) atoms. The first-order chi connectivity index (χ1) is 10.9. The van der Waals surface area contributed by atoms with Gasteiger partial charge in [0.25, 0.3) is 0 Å². The molecule has 0 bridgehead atoms. The quantitative estimate of drug-likeness (QED) is 0.888. The number of phenols is 1. The fourth-order valence-electron chi connectivity index (χ4n) is 3.74. The molecule has 2 heterocycles. The van der Waals surface area contributed by atoms with Gasteiger partial charge in [0.1, 0.15) is 5.75 Å². The van der Waals surface area contributed by atoms with Gasteiger partial charge in [-0.15, -0.1) is 0 Å². The molecule has 1 N–H and O–H groups in total. The Morgan fingerprint density at radius 1 is 1.22 bits per heavy atom. The molecule has 2 fully saturated rings. The van der Waals surface area contributed by atoms with E-state index in [4.69, 9.17) is 11.6 Å². The molecular weight excluding hydrogens is 336 g/mol. The largest absolute Gasteiger partial charge is 0.506 e. The molecule has 7 heteroatoms. The first-order valence-electron chi connectivity index (χ1n) is 8.05. The van der Waals surface area contributed by atoms with E-state index in [9.17, 15) is 13.5 Å². The molecule has 2 atom stereocenters. The number of rotatable bonds is 4. The van der Waals surface area contributed by atoms with Crippen molar-refractivity contribution in [3.63, 3.8) is 0 Å². The molecule has 0 radical (unpaired) electrons. The first kappa shape index (κ1) is 17.0. The molecule has 0 saturated carbocycles. The zero-order chi connectivity index (χ0) is 16.6. The summed E-state index contributed by atoms with van der Waals surface area (Å²) in [4.78, 5) is 4.58. The Kier molecular flexibility index (Phi) is 4.88. The molecule has 2 aliphatic heterocycles. The molecular formula is C16H23ClN2O3S. The van der Waals surface area contributed by atoms with E-state index in [0.29, 0.717) is 11.6 Å². The van der Waals surface area contributed by atoms with Crippen molar-refractivity contribution in [2.45, 2.75) is 32.0 Å². The normalized spacial score (nSPS) is 27.9. The van der Waals surface area contributed by atoms with Crippen LogP contribution in [-0.2, 0) is 16.4 Å². The Hall–Kier alpha value is -0.820. The summed E-state index contributed by atoms with van der Waals surface area (Å²) in [6, 6.07) is 5.34. The van der Waals surface area contributed by atoms with E-state index >= 15 is 0 Å². The van der Waals surface area contributed by atoms with E-state index in [1.807, 2.05) is 6.07 Å². The van der Waals surface area contributed by atoms with Crippen molar-refractivity contribution >= 4 is 21.4 Å². The lowest BCUT2D eigenvalue weighted by atomic mass is 10.0. The molecule has 3 rings (SSSR count). The highest BCUT2D eigenvalue weighted by Gasteiger charge is 2.46. The minimum atomic E-state index is -2.97. The average molecular weight is 359 g/mol. The van der Waals surface area contributed by atoms with Crippen molar-refractivity contribution in [1.29, 1.82) is 0 Å². The van der Waals surface area contributed by atoms with Crippen molar-refractivity contribution in [3.8, 4) is 5.75 Å². The van der Waals surface area contributed by atoms with Crippen LogP contribution in [0.5, 0.6) is 5.75 Å². The van der Waals surface area contributed by atoms with Crippen LogP contribution >= 0.6 is 11.6 Å². The van der Waals surface area contributed by atoms with Gasteiger partial charge < -0.3 is 5.11 Å². The zero-order valence-electron chi connectivity index (χ0n) is 13.3. The fraction of sp³-hybridized carbons (Fsp3) is 0.625. The van der Waals surface area contributed by atoms with Crippen molar-refractivity contribution in [2.75, 3.05) is 31.1 Å². The van der Waals surface area contributed by atoms with Crippen LogP contribution in [0.25, 0.3) is 0 Å². The summed E-state index contributed by atoms with van der Waals surface area (Å²) in [5.41, 5.74) is 1.000. The molecule has 128 valence electrons. The number of sulfone groups is 1. The van der Waals surface area contributed by atoms with Gasteiger partial charge in [-0.2, -0.15) is 0 Å². The molecule has 1 aromatic carbocycles. The molecule has 2 aliphatic rings. The molecule has 0 amide bonds. The Morgan fingerprint density at radius 3 is 2.52 bits per heavy atom. The van der Waals surface area contributed by atoms with Crippen molar-refractivity contribution in [2.24, 2.45) is 0 Å². The van der Waals surface area contributed by atoms with Crippen LogP contribution in [0.1, 0.15) is 18.9 Å². The lowest BCUT2D eigenvalue weighted by molar-refractivity contribution is 0.0405. The van der Waals surface area contributed by atoms with Crippen molar-refractivity contribution < 1.29 is 13.5 Å². The summed E-state index contributed by atoms with van der Waals surface area (Å²) in [6.45, 7) is 5.50. The lowest BCUT2D eigenvalue weighted by Crippen LogP contribution is -2.58. The van der Waals surface area contributed by atoms with Gasteiger partial charge in [0.2, 0.25) is 0 Å². The second-order valence-electron chi connectivity index (χ2n) is 6.50. The van der Waals surface area contributed by atoms with Gasteiger partial charge in [0.05, 0.1) is 16.5 Å². The van der Waals surface area contributed by atoms with Gasteiger partial charge in [-0.3, -0.25) is 9.80 Å². The lowest BCUT2D eigenvalue weighted by Gasteiger charge is -2.44. The SMILES string of the molecule is CCCN1CCN(Cc2ccc(O)c(Cl)c2)[C@@H]2CS(=O)(=O)C[C@@H]21. The third-order valence-electron chi connectivity index (χ3n) is 4.81. The van der Waals surface area contributed by atoms with Gasteiger partial charge in [-0.1, -0.05) is 24.6 Å². The summed E-state index contributed by atoms with van der Waals surface area (Å²) in [7, 11) is -2.97. The van der Waals surface area contributed by atoms with Gasteiger partial charge in [0.15, 0.2) is 9.84 Å². The second-order valence-corrected chi connectivity index (χ2v) is 9.06. The van der Waals surface area contributed by atoms with Gasteiger partial charge in [-0.05, 0) is 30.7 Å². The topological polar surface area (TPSA) is 60.9 Å². The third-order valence-corrected chi connectivity index (χ3v) is 6.82. The highest BCUT2D eigenvalue weighted by Crippen LogP contribution is 2.30. The van der Waals surface area contributed by atoms with Crippen molar-refractivity contribution in [1.82, 2.24) is 9.80 Å². The van der Waals surface area contributed by atoms with E-state index in [0.717, 1.165) is 31.6 Å². The molecule has 0 unspecified atom stereocenters. The molecule has 1 aromatic rings. The van der Waals surface area contributed by atoms with Crippen LogP contribution in [0, 0.1) is 0 Å². The Morgan fingerprint density at radius 2 is 1.87 bits per heavy atom. The van der Waals surface area contributed by atoms with E-state index in [2.05, 4.69) is 16.7 Å². The standard InChI is InChI=1S/C16H23ClN2O3S/c1-2-5-18-6-7-19(15-11-23(21,22)10-14(15)18)9-12-3-4-16(20)13(17)8-12/h3-4,8,14-15,20H,2,5-7,9-11H2,1H3/t14-,15+/m0/s1. The van der Waals surface area contributed by atoms with Gasteiger partial charge in [0, 0.05) is 31.7 Å². The number of aromatic hydroxyl groups is 1. The molecule has 2 saturated heterocycles. The summed E-state index contributed by atoms with van der Waals surface area (Å²) in [5.74, 6) is 0.582.